The molecule has 0 aliphatic rings. The molecule has 3 nitrogen and oxygen atoms in total. The van der Waals surface area contributed by atoms with Crippen molar-refractivity contribution in [3.8, 4) is 0 Å². The first kappa shape index (κ1) is 9.52. The van der Waals surface area contributed by atoms with Crippen LogP contribution in [0.15, 0.2) is 22.5 Å². The fraction of sp³-hybridized carbons (Fsp3) is 0.333. The predicted octanol–water partition coefficient (Wildman–Crippen LogP) is 1.24. The van der Waals surface area contributed by atoms with Crippen molar-refractivity contribution in [1.82, 2.24) is 5.43 Å². The lowest BCUT2D eigenvalue weighted by Crippen LogP contribution is -2.13. The molecule has 0 aliphatic carbocycles. The van der Waals surface area contributed by atoms with Gasteiger partial charge in [-0.1, -0.05) is 0 Å². The van der Waals surface area contributed by atoms with Crippen LogP contribution in [0, 0.1) is 0 Å². The van der Waals surface area contributed by atoms with Crippen LogP contribution in [0.3, 0.4) is 0 Å². The number of nitrogens with two attached hydrogens (primary N) is 1. The largest absolute Gasteiger partial charge is 0.501 e. The molecule has 0 atom stereocenters. The van der Waals surface area contributed by atoms with Gasteiger partial charge in [-0.05, 0) is 28.9 Å². The summed E-state index contributed by atoms with van der Waals surface area (Å²) in [5.74, 6) is 5.84. The summed E-state index contributed by atoms with van der Waals surface area (Å²) in [6.07, 6.45) is 3.42. The third-order valence-corrected chi connectivity index (χ3v) is 1.34. The Morgan fingerprint density at radius 3 is 2.70 bits per heavy atom. The molecule has 0 rings (SSSR count). The number of nitrogens with one attached hydrogen (secondary N) is 1. The molecule has 3 N–H and O–H groups in total. The molecule has 0 saturated heterocycles. The molecular weight excluding hydrogens is 196 g/mol. The summed E-state index contributed by atoms with van der Waals surface area (Å²) < 4.78 is 5.73. The van der Waals surface area contributed by atoms with Crippen LogP contribution >= 0.6 is 15.9 Å². The molecule has 0 heterocycles. The number of methoxy groups -OCH3 is 1. The zero-order chi connectivity index (χ0) is 7.98. The van der Waals surface area contributed by atoms with Gasteiger partial charge in [0, 0.05) is 10.7 Å². The van der Waals surface area contributed by atoms with E-state index in [1.54, 1.807) is 19.4 Å². The van der Waals surface area contributed by atoms with E-state index in [2.05, 4.69) is 21.4 Å². The lowest BCUT2D eigenvalue weighted by Gasteiger charge is -1.96. The number of halogens is 1. The van der Waals surface area contributed by atoms with Gasteiger partial charge < -0.3 is 10.2 Å². The number of ether oxygens (including phenoxy) is 1. The highest BCUT2D eigenvalue weighted by molar-refractivity contribution is 9.11. The molecule has 0 radical (unpaired) electrons. The highest BCUT2D eigenvalue weighted by atomic mass is 79.9. The van der Waals surface area contributed by atoms with Gasteiger partial charge >= 0.3 is 0 Å². The van der Waals surface area contributed by atoms with Crippen LogP contribution in [0.4, 0.5) is 0 Å². The lowest BCUT2D eigenvalue weighted by atomic mass is 10.4. The average Bonchev–Trinajstić information content (AvgIpc) is 1.88. The normalized spacial score (nSPS) is 13.2. The fourth-order valence-electron chi connectivity index (χ4n) is 0.374. The van der Waals surface area contributed by atoms with Gasteiger partial charge in [0.25, 0.3) is 0 Å². The van der Waals surface area contributed by atoms with Gasteiger partial charge in [-0.15, -0.1) is 0 Å². The second-order valence-corrected chi connectivity index (χ2v) is 2.57. The van der Waals surface area contributed by atoms with Gasteiger partial charge in [0.15, 0.2) is 0 Å². The summed E-state index contributed by atoms with van der Waals surface area (Å²) in [7, 11) is 1.61. The summed E-state index contributed by atoms with van der Waals surface area (Å²) in [5.41, 5.74) is 2.39. The minimum Gasteiger partial charge on any atom is -0.501 e. The van der Waals surface area contributed by atoms with E-state index in [-0.39, 0.29) is 0 Å². The molecule has 0 fully saturated rings. The molecule has 0 aromatic heterocycles. The Labute approximate surface area is 69.0 Å². The monoisotopic (exact) mass is 206 g/mol. The average molecular weight is 207 g/mol. The molecule has 0 aromatic rings. The third-order valence-electron chi connectivity index (χ3n) is 0.884. The van der Waals surface area contributed by atoms with Gasteiger partial charge in [-0.25, -0.2) is 0 Å². The number of hydrogen-bond acceptors (Lipinski definition) is 3. The Morgan fingerprint density at radius 2 is 2.30 bits per heavy atom. The molecule has 0 aromatic carbocycles. The predicted molar refractivity (Wildman–Crippen MR) is 45.1 cm³/mol. The molecule has 0 bridgehead atoms. The van der Waals surface area contributed by atoms with Crippen LogP contribution < -0.4 is 11.3 Å². The van der Waals surface area contributed by atoms with Gasteiger partial charge in [0.2, 0.25) is 0 Å². The maximum absolute atomic E-state index is 5.02. The molecule has 0 aliphatic heterocycles. The Hall–Kier alpha value is -0.480. The van der Waals surface area contributed by atoms with E-state index in [9.17, 15) is 0 Å². The van der Waals surface area contributed by atoms with E-state index in [4.69, 9.17) is 10.6 Å². The molecule has 58 valence electrons. The molecule has 0 saturated carbocycles. The minimum atomic E-state index is 0.818. The fourth-order valence-corrected chi connectivity index (χ4v) is 0.829. The van der Waals surface area contributed by atoms with Crippen molar-refractivity contribution < 1.29 is 4.74 Å². The van der Waals surface area contributed by atoms with Crippen molar-refractivity contribution in [2.24, 2.45) is 5.84 Å². The van der Waals surface area contributed by atoms with Crippen molar-refractivity contribution in [3.63, 3.8) is 0 Å². The van der Waals surface area contributed by atoms with Crippen LogP contribution in [0.25, 0.3) is 0 Å². The Kier molecular flexibility index (Phi) is 5.06. The van der Waals surface area contributed by atoms with Gasteiger partial charge in [0.05, 0.1) is 12.9 Å². The molecule has 0 spiro atoms. The summed E-state index contributed by atoms with van der Waals surface area (Å²) >= 11 is 3.24. The summed E-state index contributed by atoms with van der Waals surface area (Å²) in [6, 6.07) is 0. The second-order valence-electron chi connectivity index (χ2n) is 1.66. The summed E-state index contributed by atoms with van der Waals surface area (Å²) in [4.78, 5) is 0. The van der Waals surface area contributed by atoms with Crippen molar-refractivity contribution in [2.75, 3.05) is 7.11 Å². The van der Waals surface area contributed by atoms with Gasteiger partial charge in [-0.2, -0.15) is 0 Å². The summed E-state index contributed by atoms with van der Waals surface area (Å²) in [5, 5.41) is 0. The van der Waals surface area contributed by atoms with E-state index >= 15 is 0 Å². The van der Waals surface area contributed by atoms with E-state index in [1.165, 1.54) is 0 Å². The molecule has 4 heteroatoms. The van der Waals surface area contributed by atoms with Gasteiger partial charge in [-0.3, -0.25) is 5.84 Å². The van der Waals surface area contributed by atoms with E-state index in [1.807, 2.05) is 6.92 Å². The first-order valence-corrected chi connectivity index (χ1v) is 3.54. The molecule has 0 amide bonds. The smallest absolute Gasteiger partial charge is 0.0936 e. The zero-order valence-corrected chi connectivity index (χ0v) is 7.60. The number of hydrogen-bond donors (Lipinski definition) is 2. The van der Waals surface area contributed by atoms with Crippen LogP contribution in [0.2, 0.25) is 0 Å². The maximum atomic E-state index is 5.02. The first-order valence-electron chi connectivity index (χ1n) is 2.74. The van der Waals surface area contributed by atoms with Crippen molar-refractivity contribution in [3.05, 3.63) is 22.5 Å². The standard InChI is InChI=1S/C6H11BrN2O/c1-5(10-2)3-6(7)4-9-8/h3-4,9H,8H2,1-2H3/b5-3+,6-4+. The third kappa shape index (κ3) is 4.40. The lowest BCUT2D eigenvalue weighted by molar-refractivity contribution is 0.293. The van der Waals surface area contributed by atoms with Crippen LogP contribution in [0.5, 0.6) is 0 Å². The SMILES string of the molecule is CO/C(C)=C/C(Br)=C\NN. The molecule has 0 unspecified atom stereocenters. The maximum Gasteiger partial charge on any atom is 0.0936 e. The number of rotatable bonds is 3. The second kappa shape index (κ2) is 5.32. The van der Waals surface area contributed by atoms with E-state index < -0.39 is 0 Å². The zero-order valence-electron chi connectivity index (χ0n) is 6.02. The molecular formula is C6H11BrN2O. The van der Waals surface area contributed by atoms with Crippen molar-refractivity contribution in [2.45, 2.75) is 6.92 Å². The molecule has 10 heavy (non-hydrogen) atoms. The Balaban J connectivity index is 3.98. The van der Waals surface area contributed by atoms with Crippen molar-refractivity contribution >= 4 is 15.9 Å². The first-order chi connectivity index (χ1) is 4.70. The van der Waals surface area contributed by atoms with Crippen LogP contribution in [-0.2, 0) is 4.74 Å². The van der Waals surface area contributed by atoms with Crippen molar-refractivity contribution in [1.29, 1.82) is 0 Å². The minimum absolute atomic E-state index is 0.818. The summed E-state index contributed by atoms with van der Waals surface area (Å²) in [6.45, 7) is 1.85. The van der Waals surface area contributed by atoms with Crippen LogP contribution in [-0.4, -0.2) is 7.11 Å². The highest BCUT2D eigenvalue weighted by Gasteiger charge is 1.86. The topological polar surface area (TPSA) is 47.3 Å². The Morgan fingerprint density at radius 1 is 1.70 bits per heavy atom. The van der Waals surface area contributed by atoms with Crippen LogP contribution in [0.1, 0.15) is 6.92 Å². The number of hydrazine groups is 1. The Bertz CT molecular complexity index is 154. The number of allylic oxidation sites excluding steroid dienone is 3. The highest BCUT2D eigenvalue weighted by Crippen LogP contribution is 2.08. The quantitative estimate of drug-likeness (QED) is 0.316. The van der Waals surface area contributed by atoms with E-state index in [0.29, 0.717) is 0 Å². The van der Waals surface area contributed by atoms with Gasteiger partial charge in [0.1, 0.15) is 0 Å². The van der Waals surface area contributed by atoms with E-state index in [0.717, 1.165) is 10.2 Å².